The van der Waals surface area contributed by atoms with Crippen LogP contribution in [0.5, 0.6) is 0 Å². The minimum absolute atomic E-state index is 0.886. The second kappa shape index (κ2) is 9.59. The molecule has 0 fully saturated rings. The van der Waals surface area contributed by atoms with Gasteiger partial charge in [0.15, 0.2) is 5.58 Å². The van der Waals surface area contributed by atoms with Crippen LogP contribution >= 0.6 is 11.3 Å². The standard InChI is InChI=1S/C40H25NOS/c1-2-11-28(12-3-1)41(36-18-9-16-33-34-25-22-26-10-4-5-13-30(26)38(34)42-39(33)36)29-23-20-27(21-24-29)31-15-8-17-35-32-14-6-7-19-37(32)43-40(31)35/h1-25H. The smallest absolute Gasteiger partial charge is 0.159 e. The van der Waals surface area contributed by atoms with Crippen LogP contribution in [-0.2, 0) is 0 Å². The summed E-state index contributed by atoms with van der Waals surface area (Å²) in [6.45, 7) is 0. The van der Waals surface area contributed by atoms with Crippen LogP contribution in [0.15, 0.2) is 156 Å². The summed E-state index contributed by atoms with van der Waals surface area (Å²) in [5.74, 6) is 0. The lowest BCUT2D eigenvalue weighted by atomic mass is 10.0. The number of para-hydroxylation sites is 2. The van der Waals surface area contributed by atoms with E-state index in [0.29, 0.717) is 0 Å². The summed E-state index contributed by atoms with van der Waals surface area (Å²) in [6.07, 6.45) is 0. The van der Waals surface area contributed by atoms with E-state index in [1.54, 1.807) is 0 Å². The van der Waals surface area contributed by atoms with E-state index < -0.39 is 0 Å². The largest absolute Gasteiger partial charge is 0.453 e. The van der Waals surface area contributed by atoms with Crippen LogP contribution in [0.25, 0.3) is 64.0 Å². The monoisotopic (exact) mass is 567 g/mol. The summed E-state index contributed by atoms with van der Waals surface area (Å²) >= 11 is 1.87. The molecule has 0 saturated heterocycles. The van der Waals surface area contributed by atoms with Crippen LogP contribution in [0.4, 0.5) is 17.1 Å². The molecule has 0 aliphatic rings. The van der Waals surface area contributed by atoms with Gasteiger partial charge in [0.1, 0.15) is 5.58 Å². The molecule has 0 spiro atoms. The third kappa shape index (κ3) is 3.79. The Bertz CT molecular complexity index is 2450. The number of fused-ring (bicyclic) bond motifs is 8. The molecule has 2 nitrogen and oxygen atoms in total. The highest BCUT2D eigenvalue weighted by molar-refractivity contribution is 7.26. The van der Waals surface area contributed by atoms with Gasteiger partial charge in [-0.15, -0.1) is 11.3 Å². The molecule has 0 bridgehead atoms. The van der Waals surface area contributed by atoms with Gasteiger partial charge in [-0.05, 0) is 59.0 Å². The molecule has 9 rings (SSSR count). The maximum atomic E-state index is 6.75. The maximum absolute atomic E-state index is 6.75. The van der Waals surface area contributed by atoms with Gasteiger partial charge in [-0.2, -0.15) is 0 Å². The van der Waals surface area contributed by atoms with Crippen LogP contribution < -0.4 is 4.90 Å². The van der Waals surface area contributed by atoms with Crippen LogP contribution in [-0.4, -0.2) is 0 Å². The molecular weight excluding hydrogens is 543 g/mol. The number of anilines is 3. The van der Waals surface area contributed by atoms with Crippen LogP contribution in [0.2, 0.25) is 0 Å². The first-order valence-electron chi connectivity index (χ1n) is 14.5. The van der Waals surface area contributed by atoms with Gasteiger partial charge in [0, 0.05) is 47.7 Å². The first-order valence-corrected chi connectivity index (χ1v) is 15.3. The molecule has 43 heavy (non-hydrogen) atoms. The first-order chi connectivity index (χ1) is 21.3. The average Bonchev–Trinajstić information content (AvgIpc) is 3.65. The third-order valence-corrected chi connectivity index (χ3v) is 9.68. The van der Waals surface area contributed by atoms with Gasteiger partial charge >= 0.3 is 0 Å². The van der Waals surface area contributed by atoms with Gasteiger partial charge in [0.05, 0.1) is 5.69 Å². The zero-order valence-electron chi connectivity index (χ0n) is 23.2. The lowest BCUT2D eigenvalue weighted by Gasteiger charge is -2.25. The molecule has 0 unspecified atom stereocenters. The van der Waals surface area contributed by atoms with E-state index in [4.69, 9.17) is 4.42 Å². The molecule has 0 N–H and O–H groups in total. The molecule has 9 aromatic rings. The quantitative estimate of drug-likeness (QED) is 0.210. The van der Waals surface area contributed by atoms with E-state index in [0.717, 1.165) is 44.4 Å². The second-order valence-electron chi connectivity index (χ2n) is 10.9. The van der Waals surface area contributed by atoms with Gasteiger partial charge < -0.3 is 9.32 Å². The molecule has 0 saturated carbocycles. The van der Waals surface area contributed by atoms with E-state index in [9.17, 15) is 0 Å². The van der Waals surface area contributed by atoms with Crippen molar-refractivity contribution in [2.24, 2.45) is 0 Å². The molecule has 2 heterocycles. The molecule has 3 heteroatoms. The number of hydrogen-bond donors (Lipinski definition) is 0. The SMILES string of the molecule is c1ccc(N(c2ccc(-c3cccc4c3sc3ccccc34)cc2)c2cccc3c2oc2c4ccccc4ccc32)cc1. The van der Waals surface area contributed by atoms with Crippen molar-refractivity contribution >= 4 is 81.3 Å². The number of hydrogen-bond acceptors (Lipinski definition) is 3. The first kappa shape index (κ1) is 24.2. The van der Waals surface area contributed by atoms with E-state index in [1.807, 2.05) is 11.3 Å². The van der Waals surface area contributed by atoms with E-state index >= 15 is 0 Å². The molecular formula is C40H25NOS. The zero-order chi connectivity index (χ0) is 28.3. The van der Waals surface area contributed by atoms with Crippen molar-refractivity contribution in [1.29, 1.82) is 0 Å². The molecule has 0 radical (unpaired) electrons. The summed E-state index contributed by atoms with van der Waals surface area (Å²) in [4.78, 5) is 2.30. The van der Waals surface area contributed by atoms with Crippen LogP contribution in [0.3, 0.4) is 0 Å². The Balaban J connectivity index is 1.22. The summed E-state index contributed by atoms with van der Waals surface area (Å²) < 4.78 is 9.40. The summed E-state index contributed by atoms with van der Waals surface area (Å²) in [7, 11) is 0. The summed E-state index contributed by atoms with van der Waals surface area (Å²) in [5.41, 5.74) is 7.47. The third-order valence-electron chi connectivity index (χ3n) is 8.46. The highest BCUT2D eigenvalue weighted by Crippen LogP contribution is 2.44. The molecule has 0 atom stereocenters. The van der Waals surface area contributed by atoms with Crippen molar-refractivity contribution in [2.45, 2.75) is 0 Å². The van der Waals surface area contributed by atoms with Crippen molar-refractivity contribution in [3.8, 4) is 11.1 Å². The van der Waals surface area contributed by atoms with Crippen LogP contribution in [0, 0.1) is 0 Å². The van der Waals surface area contributed by atoms with Crippen molar-refractivity contribution < 1.29 is 4.42 Å². The topological polar surface area (TPSA) is 16.4 Å². The minimum atomic E-state index is 0.886. The predicted octanol–water partition coefficient (Wildman–Crippen LogP) is 12.2. The number of benzene rings is 7. The van der Waals surface area contributed by atoms with Gasteiger partial charge in [-0.25, -0.2) is 0 Å². The lowest BCUT2D eigenvalue weighted by Crippen LogP contribution is -2.10. The fourth-order valence-corrected chi connectivity index (χ4v) is 7.69. The van der Waals surface area contributed by atoms with Gasteiger partial charge in [-0.1, -0.05) is 109 Å². The average molecular weight is 568 g/mol. The Morgan fingerprint density at radius 2 is 1.12 bits per heavy atom. The Morgan fingerprint density at radius 3 is 2.00 bits per heavy atom. The normalized spacial score (nSPS) is 11.7. The van der Waals surface area contributed by atoms with Gasteiger partial charge in [0.2, 0.25) is 0 Å². The van der Waals surface area contributed by atoms with E-state index in [2.05, 4.69) is 157 Å². The molecule has 202 valence electrons. The Kier molecular flexibility index (Phi) is 5.40. The number of thiophene rings is 1. The Labute approximate surface area is 252 Å². The predicted molar refractivity (Wildman–Crippen MR) is 184 cm³/mol. The summed E-state index contributed by atoms with van der Waals surface area (Å²) in [6, 6.07) is 54.1. The zero-order valence-corrected chi connectivity index (χ0v) is 24.0. The number of furan rings is 1. The number of nitrogens with zero attached hydrogens (tertiary/aromatic N) is 1. The minimum Gasteiger partial charge on any atom is -0.453 e. The van der Waals surface area contributed by atoms with Crippen molar-refractivity contribution in [1.82, 2.24) is 0 Å². The lowest BCUT2D eigenvalue weighted by molar-refractivity contribution is 0.673. The van der Waals surface area contributed by atoms with Crippen molar-refractivity contribution in [2.75, 3.05) is 4.90 Å². The van der Waals surface area contributed by atoms with Gasteiger partial charge in [0.25, 0.3) is 0 Å². The highest BCUT2D eigenvalue weighted by Gasteiger charge is 2.20. The highest BCUT2D eigenvalue weighted by atomic mass is 32.1. The fraction of sp³-hybridized carbons (Fsp3) is 0. The fourth-order valence-electron chi connectivity index (χ4n) is 6.46. The Morgan fingerprint density at radius 1 is 0.442 bits per heavy atom. The van der Waals surface area contributed by atoms with Crippen molar-refractivity contribution in [3.05, 3.63) is 152 Å². The van der Waals surface area contributed by atoms with E-state index in [-0.39, 0.29) is 0 Å². The Hall–Kier alpha value is -5.38. The molecule has 7 aromatic carbocycles. The van der Waals surface area contributed by atoms with Crippen molar-refractivity contribution in [3.63, 3.8) is 0 Å². The van der Waals surface area contributed by atoms with Gasteiger partial charge in [-0.3, -0.25) is 0 Å². The van der Waals surface area contributed by atoms with E-state index in [1.165, 1.54) is 36.7 Å². The molecule has 0 amide bonds. The second-order valence-corrected chi connectivity index (χ2v) is 12.0. The maximum Gasteiger partial charge on any atom is 0.159 e. The molecule has 2 aromatic heterocycles. The summed E-state index contributed by atoms with van der Waals surface area (Å²) in [5, 5.41) is 7.20. The molecule has 0 aliphatic carbocycles. The molecule has 0 aliphatic heterocycles. The van der Waals surface area contributed by atoms with Crippen LogP contribution in [0.1, 0.15) is 0 Å². The number of rotatable bonds is 4.